The van der Waals surface area contributed by atoms with Crippen LogP contribution >= 0.6 is 0 Å². The monoisotopic (exact) mass is 247 g/mol. The van der Waals surface area contributed by atoms with Gasteiger partial charge in [-0.1, -0.05) is 0 Å². The minimum absolute atomic E-state index is 0.119. The van der Waals surface area contributed by atoms with Crippen LogP contribution in [-0.2, 0) is 0 Å². The number of hydrogen-bond donors (Lipinski definition) is 4. The summed E-state index contributed by atoms with van der Waals surface area (Å²) in [6.45, 7) is 7.62. The highest BCUT2D eigenvalue weighted by atomic mass is 16.3. The zero-order valence-corrected chi connectivity index (χ0v) is 10.9. The van der Waals surface area contributed by atoms with E-state index in [2.05, 4.69) is 5.53 Å². The van der Waals surface area contributed by atoms with Crippen LogP contribution < -0.4 is 5.53 Å². The summed E-state index contributed by atoms with van der Waals surface area (Å²) in [7, 11) is 0. The standard InChI is InChI=1S/C11H25N3O3/c1-8(15)4-13-6-11(10(3)17)7-14(12-13)5-9(2)16/h8-12,15-17H,4-7H2,1-3H3. The first-order chi connectivity index (χ1) is 7.88. The highest BCUT2D eigenvalue weighted by Gasteiger charge is 2.28. The number of β-amino-alcohol motifs (C(OH)–C–C–N with tert-alkyl or cyclic N) is 2. The van der Waals surface area contributed by atoms with E-state index in [1.807, 2.05) is 10.0 Å². The predicted octanol–water partition coefficient (Wildman–Crippen LogP) is -1.22. The van der Waals surface area contributed by atoms with Gasteiger partial charge in [0.15, 0.2) is 0 Å². The molecule has 3 unspecified atom stereocenters. The fraction of sp³-hybridized carbons (Fsp3) is 1.00. The molecule has 0 aromatic rings. The van der Waals surface area contributed by atoms with Crippen molar-refractivity contribution in [3.05, 3.63) is 0 Å². The lowest BCUT2D eigenvalue weighted by Crippen LogP contribution is -2.62. The van der Waals surface area contributed by atoms with Crippen molar-refractivity contribution in [2.24, 2.45) is 5.92 Å². The number of aliphatic hydroxyl groups excluding tert-OH is 3. The first kappa shape index (κ1) is 14.8. The van der Waals surface area contributed by atoms with Crippen LogP contribution in [0.25, 0.3) is 0 Å². The van der Waals surface area contributed by atoms with E-state index in [4.69, 9.17) is 0 Å². The largest absolute Gasteiger partial charge is 0.393 e. The molecule has 1 aliphatic heterocycles. The molecule has 0 spiro atoms. The number of hydrogen-bond acceptors (Lipinski definition) is 6. The Labute approximate surface area is 103 Å². The summed E-state index contributed by atoms with van der Waals surface area (Å²) in [5.41, 5.74) is 3.14. The molecule has 0 bridgehead atoms. The maximum absolute atomic E-state index is 9.67. The SMILES string of the molecule is CC(O)CN1CC(C(C)O)CN(CC(C)O)N1. The molecule has 4 N–H and O–H groups in total. The second kappa shape index (κ2) is 6.63. The van der Waals surface area contributed by atoms with Gasteiger partial charge in [0.25, 0.3) is 0 Å². The summed E-state index contributed by atoms with van der Waals surface area (Å²) in [6, 6.07) is 0. The molecule has 0 saturated carbocycles. The van der Waals surface area contributed by atoms with E-state index in [-0.39, 0.29) is 5.92 Å². The average molecular weight is 247 g/mol. The summed E-state index contributed by atoms with van der Waals surface area (Å²) >= 11 is 0. The fourth-order valence-electron chi connectivity index (χ4n) is 2.08. The van der Waals surface area contributed by atoms with Gasteiger partial charge in [-0.2, -0.15) is 5.53 Å². The zero-order chi connectivity index (χ0) is 13.0. The van der Waals surface area contributed by atoms with Gasteiger partial charge in [-0.3, -0.25) is 0 Å². The topological polar surface area (TPSA) is 79.2 Å². The highest BCUT2D eigenvalue weighted by Crippen LogP contribution is 2.13. The van der Waals surface area contributed by atoms with Crippen molar-refractivity contribution in [3.8, 4) is 0 Å². The van der Waals surface area contributed by atoms with Crippen molar-refractivity contribution in [3.63, 3.8) is 0 Å². The van der Waals surface area contributed by atoms with Gasteiger partial charge in [0, 0.05) is 32.1 Å². The van der Waals surface area contributed by atoms with Gasteiger partial charge in [-0.05, 0) is 20.8 Å². The molecule has 1 aliphatic rings. The minimum atomic E-state index is -0.427. The molecule has 1 rings (SSSR count). The smallest absolute Gasteiger partial charge is 0.0653 e. The van der Waals surface area contributed by atoms with Crippen LogP contribution in [0.2, 0.25) is 0 Å². The summed E-state index contributed by atoms with van der Waals surface area (Å²) < 4.78 is 0. The number of aliphatic hydroxyl groups is 3. The van der Waals surface area contributed by atoms with Crippen molar-refractivity contribution in [1.29, 1.82) is 0 Å². The van der Waals surface area contributed by atoms with Crippen molar-refractivity contribution >= 4 is 0 Å². The van der Waals surface area contributed by atoms with Gasteiger partial charge in [0.05, 0.1) is 18.3 Å². The molecule has 17 heavy (non-hydrogen) atoms. The Kier molecular flexibility index (Phi) is 5.78. The predicted molar refractivity (Wildman–Crippen MR) is 64.8 cm³/mol. The lowest BCUT2D eigenvalue weighted by molar-refractivity contribution is -0.0938. The molecule has 1 saturated heterocycles. The second-order valence-electron chi connectivity index (χ2n) is 5.11. The van der Waals surface area contributed by atoms with Gasteiger partial charge in [0.1, 0.15) is 0 Å². The van der Waals surface area contributed by atoms with Crippen LogP contribution in [0.15, 0.2) is 0 Å². The summed E-state index contributed by atoms with van der Waals surface area (Å²) in [6.07, 6.45) is -1.25. The van der Waals surface area contributed by atoms with E-state index in [1.54, 1.807) is 20.8 Å². The Bertz CT molecular complexity index is 206. The highest BCUT2D eigenvalue weighted by molar-refractivity contribution is 4.77. The molecule has 1 heterocycles. The van der Waals surface area contributed by atoms with Crippen LogP contribution in [0.4, 0.5) is 0 Å². The first-order valence-electron chi connectivity index (χ1n) is 6.19. The third kappa shape index (κ3) is 5.29. The molecule has 3 atom stereocenters. The van der Waals surface area contributed by atoms with Crippen molar-refractivity contribution in [2.45, 2.75) is 39.1 Å². The maximum atomic E-state index is 9.67. The molecule has 0 aliphatic carbocycles. The molecule has 0 amide bonds. The lowest BCUT2D eigenvalue weighted by Gasteiger charge is -2.42. The Morgan fingerprint density at radius 1 is 1.00 bits per heavy atom. The Morgan fingerprint density at radius 3 is 1.71 bits per heavy atom. The van der Waals surface area contributed by atoms with Crippen LogP contribution in [-0.4, -0.2) is 69.8 Å². The van der Waals surface area contributed by atoms with Crippen LogP contribution in [0.5, 0.6) is 0 Å². The molecule has 1 fully saturated rings. The van der Waals surface area contributed by atoms with Gasteiger partial charge in [-0.25, -0.2) is 10.0 Å². The van der Waals surface area contributed by atoms with E-state index in [9.17, 15) is 15.3 Å². The molecular weight excluding hydrogens is 222 g/mol. The fourth-order valence-corrected chi connectivity index (χ4v) is 2.08. The van der Waals surface area contributed by atoms with Gasteiger partial charge < -0.3 is 15.3 Å². The third-order valence-electron chi connectivity index (χ3n) is 2.84. The van der Waals surface area contributed by atoms with Crippen molar-refractivity contribution in [1.82, 2.24) is 15.6 Å². The Morgan fingerprint density at radius 2 is 1.41 bits per heavy atom. The second-order valence-corrected chi connectivity index (χ2v) is 5.11. The number of hydrazine groups is 2. The number of rotatable bonds is 5. The maximum Gasteiger partial charge on any atom is 0.0653 e. The first-order valence-corrected chi connectivity index (χ1v) is 6.19. The van der Waals surface area contributed by atoms with E-state index < -0.39 is 18.3 Å². The van der Waals surface area contributed by atoms with Gasteiger partial charge >= 0.3 is 0 Å². The van der Waals surface area contributed by atoms with Crippen molar-refractivity contribution < 1.29 is 15.3 Å². The van der Waals surface area contributed by atoms with E-state index >= 15 is 0 Å². The summed E-state index contributed by atoms with van der Waals surface area (Å²) in [5.74, 6) is 0.119. The lowest BCUT2D eigenvalue weighted by atomic mass is 10.0. The van der Waals surface area contributed by atoms with Gasteiger partial charge in [-0.15, -0.1) is 0 Å². The van der Waals surface area contributed by atoms with Gasteiger partial charge in [0.2, 0.25) is 0 Å². The average Bonchev–Trinajstić information content (AvgIpc) is 2.14. The van der Waals surface area contributed by atoms with Crippen LogP contribution in [0.3, 0.4) is 0 Å². The van der Waals surface area contributed by atoms with Crippen LogP contribution in [0, 0.1) is 5.92 Å². The number of nitrogens with zero attached hydrogens (tertiary/aromatic N) is 2. The summed E-state index contributed by atoms with van der Waals surface area (Å²) in [5, 5.41) is 32.2. The zero-order valence-electron chi connectivity index (χ0n) is 10.9. The Balaban J connectivity index is 2.55. The van der Waals surface area contributed by atoms with Crippen LogP contribution in [0.1, 0.15) is 20.8 Å². The quantitative estimate of drug-likeness (QED) is 0.488. The third-order valence-corrected chi connectivity index (χ3v) is 2.84. The summed E-state index contributed by atoms with van der Waals surface area (Å²) in [4.78, 5) is 0. The molecule has 0 radical (unpaired) electrons. The van der Waals surface area contributed by atoms with Crippen molar-refractivity contribution in [2.75, 3.05) is 26.2 Å². The Hall–Kier alpha value is -0.240. The molecular formula is C11H25N3O3. The molecule has 6 heteroatoms. The molecule has 6 nitrogen and oxygen atoms in total. The van der Waals surface area contributed by atoms with E-state index in [0.717, 1.165) is 0 Å². The number of nitrogens with one attached hydrogen (secondary N) is 1. The normalized spacial score (nSPS) is 28.9. The van der Waals surface area contributed by atoms with E-state index in [0.29, 0.717) is 26.2 Å². The molecule has 102 valence electrons. The minimum Gasteiger partial charge on any atom is -0.393 e. The molecule has 0 aromatic carbocycles. The van der Waals surface area contributed by atoms with E-state index in [1.165, 1.54) is 0 Å². The molecule has 0 aromatic heterocycles.